The highest BCUT2D eigenvalue weighted by atomic mass is 19.1. The molecule has 1 aliphatic heterocycles. The zero-order valence-electron chi connectivity index (χ0n) is 15.9. The second-order valence-electron chi connectivity index (χ2n) is 8.16. The molecule has 0 radical (unpaired) electrons. The molecule has 2 N–H and O–H groups in total. The number of likely N-dealkylation sites (tertiary alicyclic amines) is 1. The molecular formula is C23H28FNO2. The quantitative estimate of drug-likeness (QED) is 0.866. The number of β-amino-alcohol motifs (C(OH)–C–C–N with tert-alkyl or cyclic N) is 1. The van der Waals surface area contributed by atoms with Gasteiger partial charge in [-0.1, -0.05) is 35.9 Å². The first kappa shape index (κ1) is 18.6. The number of aliphatic hydroxyl groups excluding tert-OH is 1. The molecule has 2 atom stereocenters. The van der Waals surface area contributed by atoms with Gasteiger partial charge in [-0.25, -0.2) is 4.39 Å². The lowest BCUT2D eigenvalue weighted by molar-refractivity contribution is -0.0499. The zero-order chi connectivity index (χ0) is 19.0. The Morgan fingerprint density at radius 3 is 2.48 bits per heavy atom. The van der Waals surface area contributed by atoms with E-state index >= 15 is 0 Å². The Labute approximate surface area is 160 Å². The van der Waals surface area contributed by atoms with E-state index in [-0.39, 0.29) is 24.3 Å². The van der Waals surface area contributed by atoms with Crippen LogP contribution in [0.2, 0.25) is 0 Å². The second kappa shape index (κ2) is 7.34. The first-order chi connectivity index (χ1) is 13.0. The van der Waals surface area contributed by atoms with Crippen molar-refractivity contribution in [1.82, 2.24) is 4.90 Å². The molecule has 0 spiro atoms. The molecule has 0 saturated carbocycles. The Morgan fingerprint density at radius 1 is 1.11 bits per heavy atom. The Bertz CT molecular complexity index is 799. The third-order valence-electron chi connectivity index (χ3n) is 6.52. The molecule has 3 nitrogen and oxygen atoms in total. The molecule has 4 rings (SSSR count). The second-order valence-corrected chi connectivity index (χ2v) is 8.16. The normalized spacial score (nSPS) is 26.3. The van der Waals surface area contributed by atoms with Crippen molar-refractivity contribution in [2.75, 3.05) is 26.2 Å². The molecule has 0 amide bonds. The summed E-state index contributed by atoms with van der Waals surface area (Å²) in [5.74, 6) is 0.0764. The Balaban J connectivity index is 1.66. The van der Waals surface area contributed by atoms with Gasteiger partial charge in [0, 0.05) is 12.5 Å². The largest absolute Gasteiger partial charge is 0.395 e. The van der Waals surface area contributed by atoms with Crippen LogP contribution in [0.25, 0.3) is 0 Å². The molecule has 4 heteroatoms. The molecule has 2 aromatic rings. The van der Waals surface area contributed by atoms with Crippen molar-refractivity contribution in [3.63, 3.8) is 0 Å². The lowest BCUT2D eigenvalue weighted by Crippen LogP contribution is -2.43. The summed E-state index contributed by atoms with van der Waals surface area (Å²) >= 11 is 0. The van der Waals surface area contributed by atoms with Crippen LogP contribution in [0, 0.1) is 18.7 Å². The molecule has 1 heterocycles. The summed E-state index contributed by atoms with van der Waals surface area (Å²) in [6.45, 7) is 4.78. The summed E-state index contributed by atoms with van der Waals surface area (Å²) in [7, 11) is 0. The van der Waals surface area contributed by atoms with Gasteiger partial charge in [0.25, 0.3) is 0 Å². The van der Waals surface area contributed by atoms with Crippen LogP contribution in [-0.4, -0.2) is 41.4 Å². The summed E-state index contributed by atoms with van der Waals surface area (Å²) in [6.07, 6.45) is 2.52. The number of nitrogens with zero attached hydrogens (tertiary/aromatic N) is 1. The molecule has 27 heavy (non-hydrogen) atoms. The molecule has 1 aliphatic carbocycles. The smallest absolute Gasteiger partial charge is 0.123 e. The third-order valence-corrected chi connectivity index (χ3v) is 6.52. The molecule has 144 valence electrons. The van der Waals surface area contributed by atoms with Gasteiger partial charge in [0.1, 0.15) is 5.82 Å². The molecule has 2 aliphatic rings. The van der Waals surface area contributed by atoms with Crippen LogP contribution < -0.4 is 0 Å². The summed E-state index contributed by atoms with van der Waals surface area (Å²) in [6, 6.07) is 13.1. The van der Waals surface area contributed by atoms with Gasteiger partial charge >= 0.3 is 0 Å². The molecule has 0 aromatic heterocycles. The number of hydrogen-bond donors (Lipinski definition) is 2. The van der Waals surface area contributed by atoms with Crippen LogP contribution in [-0.2, 0) is 5.60 Å². The SMILES string of the molecule is Cc1ccc2c(c1)C(O)(C1CCN(CCO)CC1)CC2c1ccc(F)cc1. The molecule has 1 fully saturated rings. The van der Waals surface area contributed by atoms with Crippen molar-refractivity contribution in [3.8, 4) is 0 Å². The minimum Gasteiger partial charge on any atom is -0.395 e. The topological polar surface area (TPSA) is 43.7 Å². The van der Waals surface area contributed by atoms with E-state index in [4.69, 9.17) is 5.11 Å². The summed E-state index contributed by atoms with van der Waals surface area (Å²) in [5, 5.41) is 21.0. The standard InChI is InChI=1S/C23H28FNO2/c1-16-2-7-20-21(17-3-5-19(24)6-4-17)15-23(27,22(20)14-16)18-8-10-25(11-9-18)12-13-26/h2-7,14,18,21,26-27H,8-13,15H2,1H3. The highest BCUT2D eigenvalue weighted by Gasteiger charge is 2.48. The monoisotopic (exact) mass is 369 g/mol. The highest BCUT2D eigenvalue weighted by molar-refractivity contribution is 5.48. The predicted octanol–water partition coefficient (Wildman–Crippen LogP) is 3.56. The van der Waals surface area contributed by atoms with Crippen LogP contribution in [0.15, 0.2) is 42.5 Å². The van der Waals surface area contributed by atoms with E-state index in [1.165, 1.54) is 17.7 Å². The number of halogens is 1. The Hall–Kier alpha value is -1.75. The Kier molecular flexibility index (Phi) is 5.06. The zero-order valence-corrected chi connectivity index (χ0v) is 15.9. The maximum absolute atomic E-state index is 13.4. The van der Waals surface area contributed by atoms with Gasteiger partial charge in [-0.05, 0) is 74.0 Å². The fraction of sp³-hybridized carbons (Fsp3) is 0.478. The number of aryl methyl sites for hydroxylation is 1. The van der Waals surface area contributed by atoms with Crippen molar-refractivity contribution < 1.29 is 14.6 Å². The molecular weight excluding hydrogens is 341 g/mol. The van der Waals surface area contributed by atoms with Crippen LogP contribution in [0.4, 0.5) is 4.39 Å². The summed E-state index contributed by atoms with van der Waals surface area (Å²) in [5.41, 5.74) is 3.61. The lowest BCUT2D eigenvalue weighted by Gasteiger charge is -2.40. The lowest BCUT2D eigenvalue weighted by atomic mass is 9.76. The van der Waals surface area contributed by atoms with Crippen molar-refractivity contribution in [2.24, 2.45) is 5.92 Å². The number of fused-ring (bicyclic) bond motifs is 1. The summed E-state index contributed by atoms with van der Waals surface area (Å²) in [4.78, 5) is 2.27. The number of benzene rings is 2. The predicted molar refractivity (Wildman–Crippen MR) is 104 cm³/mol. The van der Waals surface area contributed by atoms with Gasteiger partial charge in [-0.15, -0.1) is 0 Å². The van der Waals surface area contributed by atoms with Gasteiger partial charge < -0.3 is 15.1 Å². The maximum Gasteiger partial charge on any atom is 0.123 e. The number of aliphatic hydroxyl groups is 2. The van der Waals surface area contributed by atoms with Gasteiger partial charge in [0.05, 0.1) is 12.2 Å². The fourth-order valence-corrected chi connectivity index (χ4v) is 5.03. The summed E-state index contributed by atoms with van der Waals surface area (Å²) < 4.78 is 13.4. The van der Waals surface area contributed by atoms with E-state index in [0.29, 0.717) is 13.0 Å². The minimum absolute atomic E-state index is 0.0988. The van der Waals surface area contributed by atoms with Crippen molar-refractivity contribution in [3.05, 3.63) is 70.5 Å². The first-order valence-electron chi connectivity index (χ1n) is 9.93. The van der Waals surface area contributed by atoms with E-state index in [1.54, 1.807) is 0 Å². The van der Waals surface area contributed by atoms with E-state index in [9.17, 15) is 9.50 Å². The van der Waals surface area contributed by atoms with E-state index in [0.717, 1.165) is 42.6 Å². The van der Waals surface area contributed by atoms with Gasteiger partial charge in [0.2, 0.25) is 0 Å². The van der Waals surface area contributed by atoms with E-state index in [2.05, 4.69) is 30.0 Å². The van der Waals surface area contributed by atoms with Crippen molar-refractivity contribution in [1.29, 1.82) is 0 Å². The number of rotatable bonds is 4. The molecule has 1 saturated heterocycles. The number of hydrogen-bond acceptors (Lipinski definition) is 3. The van der Waals surface area contributed by atoms with Crippen LogP contribution in [0.3, 0.4) is 0 Å². The van der Waals surface area contributed by atoms with Gasteiger partial charge in [0.15, 0.2) is 0 Å². The average molecular weight is 369 g/mol. The third kappa shape index (κ3) is 3.42. The Morgan fingerprint density at radius 2 is 1.81 bits per heavy atom. The maximum atomic E-state index is 13.4. The molecule has 0 bridgehead atoms. The molecule has 2 aromatic carbocycles. The van der Waals surface area contributed by atoms with E-state index < -0.39 is 5.60 Å². The van der Waals surface area contributed by atoms with Crippen molar-refractivity contribution >= 4 is 0 Å². The van der Waals surface area contributed by atoms with Crippen LogP contribution in [0.5, 0.6) is 0 Å². The highest BCUT2D eigenvalue weighted by Crippen LogP contribution is 2.53. The van der Waals surface area contributed by atoms with E-state index in [1.807, 2.05) is 12.1 Å². The fourth-order valence-electron chi connectivity index (χ4n) is 5.03. The first-order valence-corrected chi connectivity index (χ1v) is 9.93. The van der Waals surface area contributed by atoms with Gasteiger partial charge in [-0.3, -0.25) is 0 Å². The molecule has 2 unspecified atom stereocenters. The number of piperidine rings is 1. The average Bonchev–Trinajstić information content (AvgIpc) is 2.97. The van der Waals surface area contributed by atoms with Crippen LogP contribution >= 0.6 is 0 Å². The van der Waals surface area contributed by atoms with Gasteiger partial charge in [-0.2, -0.15) is 0 Å². The van der Waals surface area contributed by atoms with Crippen molar-refractivity contribution in [2.45, 2.75) is 37.7 Å². The minimum atomic E-state index is -0.842. The van der Waals surface area contributed by atoms with Crippen LogP contribution in [0.1, 0.15) is 47.4 Å².